The maximum absolute atomic E-state index is 13.5. The maximum Gasteiger partial charge on any atom is 0.323 e. The van der Waals surface area contributed by atoms with Crippen molar-refractivity contribution in [3.05, 3.63) is 35.7 Å². The van der Waals surface area contributed by atoms with E-state index in [2.05, 4.69) is 0 Å². The van der Waals surface area contributed by atoms with E-state index in [0.29, 0.717) is 5.56 Å². The Bertz CT molecular complexity index is 581. The monoisotopic (exact) mass is 293 g/mol. The summed E-state index contributed by atoms with van der Waals surface area (Å²) in [6.07, 6.45) is 4.37. The molecule has 1 N–H and O–H groups in total. The van der Waals surface area contributed by atoms with Crippen LogP contribution in [-0.2, 0) is 9.59 Å². The summed E-state index contributed by atoms with van der Waals surface area (Å²) in [5.74, 6) is -1.81. The molecule has 0 saturated heterocycles. The minimum atomic E-state index is -1.04. The van der Waals surface area contributed by atoms with E-state index in [9.17, 15) is 14.0 Å². The molecular formula is C15H16FNO4. The molecule has 0 aromatic heterocycles. The summed E-state index contributed by atoms with van der Waals surface area (Å²) in [6, 6.07) is 4.34. The molecule has 0 aliphatic heterocycles. The van der Waals surface area contributed by atoms with E-state index in [0.717, 1.165) is 12.8 Å². The highest BCUT2D eigenvalue weighted by molar-refractivity contribution is 5.94. The molecule has 0 atom stereocenters. The van der Waals surface area contributed by atoms with Crippen molar-refractivity contribution in [2.45, 2.75) is 18.9 Å². The van der Waals surface area contributed by atoms with Crippen LogP contribution < -0.4 is 4.74 Å². The van der Waals surface area contributed by atoms with Gasteiger partial charge in [-0.05, 0) is 36.6 Å². The van der Waals surface area contributed by atoms with Gasteiger partial charge in [-0.3, -0.25) is 9.59 Å². The number of ether oxygens (including phenoxy) is 1. The quantitative estimate of drug-likeness (QED) is 0.814. The number of carbonyl (C=O) groups excluding carboxylic acids is 1. The Morgan fingerprint density at radius 3 is 2.71 bits per heavy atom. The normalized spacial score (nSPS) is 14.2. The van der Waals surface area contributed by atoms with Gasteiger partial charge >= 0.3 is 5.97 Å². The fraction of sp³-hybridized carbons (Fsp3) is 0.333. The van der Waals surface area contributed by atoms with Crippen LogP contribution in [0, 0.1) is 5.82 Å². The van der Waals surface area contributed by atoms with Crippen molar-refractivity contribution in [1.29, 1.82) is 0 Å². The van der Waals surface area contributed by atoms with E-state index in [1.807, 2.05) is 0 Å². The lowest BCUT2D eigenvalue weighted by Gasteiger charge is -2.17. The summed E-state index contributed by atoms with van der Waals surface area (Å²) in [5, 5.41) is 8.81. The standard InChI is InChI=1S/C15H16FNO4/c1-21-13-6-2-10(8-12(13)16)3-7-14(18)17(9-15(19)20)11-4-5-11/h2-3,6-8,11H,4-5,9H2,1H3,(H,19,20). The lowest BCUT2D eigenvalue weighted by atomic mass is 10.2. The molecule has 1 amide bonds. The van der Waals surface area contributed by atoms with Crippen molar-refractivity contribution in [1.82, 2.24) is 4.90 Å². The molecule has 21 heavy (non-hydrogen) atoms. The fourth-order valence-electron chi connectivity index (χ4n) is 1.97. The van der Waals surface area contributed by atoms with Crippen LogP contribution in [0.1, 0.15) is 18.4 Å². The molecule has 1 aliphatic carbocycles. The molecule has 0 bridgehead atoms. The third-order valence-corrected chi connectivity index (χ3v) is 3.17. The Morgan fingerprint density at radius 2 is 2.19 bits per heavy atom. The lowest BCUT2D eigenvalue weighted by molar-refractivity contribution is -0.143. The number of benzene rings is 1. The second-order valence-corrected chi connectivity index (χ2v) is 4.82. The Labute approximate surface area is 121 Å². The van der Waals surface area contributed by atoms with Gasteiger partial charge in [0.05, 0.1) is 7.11 Å². The largest absolute Gasteiger partial charge is 0.494 e. The molecule has 0 unspecified atom stereocenters. The number of hydrogen-bond donors (Lipinski definition) is 1. The fourth-order valence-corrected chi connectivity index (χ4v) is 1.97. The first-order chi connectivity index (χ1) is 10.0. The van der Waals surface area contributed by atoms with E-state index < -0.39 is 11.8 Å². The molecule has 0 heterocycles. The van der Waals surface area contributed by atoms with Crippen molar-refractivity contribution in [3.8, 4) is 5.75 Å². The second-order valence-electron chi connectivity index (χ2n) is 4.82. The number of nitrogens with zero attached hydrogens (tertiary/aromatic N) is 1. The third-order valence-electron chi connectivity index (χ3n) is 3.17. The number of amides is 1. The summed E-state index contributed by atoms with van der Waals surface area (Å²) in [6.45, 7) is -0.315. The highest BCUT2D eigenvalue weighted by atomic mass is 19.1. The van der Waals surface area contributed by atoms with Crippen LogP contribution in [0.4, 0.5) is 4.39 Å². The van der Waals surface area contributed by atoms with Crippen LogP contribution in [0.3, 0.4) is 0 Å². The summed E-state index contributed by atoms with van der Waals surface area (Å²) in [7, 11) is 1.37. The molecule has 1 aliphatic rings. The van der Waals surface area contributed by atoms with Crippen molar-refractivity contribution >= 4 is 18.0 Å². The molecule has 5 nitrogen and oxygen atoms in total. The van der Waals surface area contributed by atoms with Gasteiger partial charge in [0, 0.05) is 12.1 Å². The van der Waals surface area contributed by atoms with Crippen LogP contribution in [-0.4, -0.2) is 41.6 Å². The Hall–Kier alpha value is -2.37. The molecule has 112 valence electrons. The first kappa shape index (κ1) is 15.0. The molecule has 1 saturated carbocycles. The molecule has 2 rings (SSSR count). The van der Waals surface area contributed by atoms with Gasteiger partial charge in [0.15, 0.2) is 11.6 Å². The van der Waals surface area contributed by atoms with Gasteiger partial charge < -0.3 is 14.7 Å². The zero-order valence-electron chi connectivity index (χ0n) is 11.6. The Morgan fingerprint density at radius 1 is 1.48 bits per heavy atom. The molecule has 1 fully saturated rings. The molecule has 0 radical (unpaired) electrons. The number of methoxy groups -OCH3 is 1. The van der Waals surface area contributed by atoms with E-state index in [4.69, 9.17) is 9.84 Å². The average molecular weight is 293 g/mol. The van der Waals surface area contributed by atoms with Crippen molar-refractivity contribution in [2.75, 3.05) is 13.7 Å². The molecule has 1 aromatic carbocycles. The highest BCUT2D eigenvalue weighted by Crippen LogP contribution is 2.27. The van der Waals surface area contributed by atoms with Crippen LogP contribution in [0.15, 0.2) is 24.3 Å². The van der Waals surface area contributed by atoms with E-state index in [1.165, 1.54) is 36.3 Å². The molecule has 6 heteroatoms. The third kappa shape index (κ3) is 4.05. The zero-order chi connectivity index (χ0) is 15.4. The Balaban J connectivity index is 2.06. The van der Waals surface area contributed by atoms with Gasteiger partial charge in [-0.2, -0.15) is 0 Å². The number of carbonyl (C=O) groups is 2. The van der Waals surface area contributed by atoms with Crippen LogP contribution in [0.2, 0.25) is 0 Å². The summed E-state index contributed by atoms with van der Waals surface area (Å²) < 4.78 is 18.3. The first-order valence-corrected chi connectivity index (χ1v) is 6.55. The predicted molar refractivity (Wildman–Crippen MR) is 74.4 cm³/mol. The topological polar surface area (TPSA) is 66.8 Å². The van der Waals surface area contributed by atoms with Crippen LogP contribution in [0.5, 0.6) is 5.75 Å². The average Bonchev–Trinajstić information content (AvgIpc) is 3.26. The number of carboxylic acid groups (broad SMARTS) is 1. The van der Waals surface area contributed by atoms with Crippen LogP contribution in [0.25, 0.3) is 6.08 Å². The minimum Gasteiger partial charge on any atom is -0.494 e. The molecular weight excluding hydrogens is 277 g/mol. The minimum absolute atomic E-state index is 0.00542. The van der Waals surface area contributed by atoms with Gasteiger partial charge in [-0.1, -0.05) is 6.07 Å². The summed E-state index contributed by atoms with van der Waals surface area (Å²) in [4.78, 5) is 24.1. The second kappa shape index (κ2) is 6.39. The number of carboxylic acids is 1. The number of halogens is 1. The smallest absolute Gasteiger partial charge is 0.323 e. The molecule has 0 spiro atoms. The van der Waals surface area contributed by atoms with E-state index in [1.54, 1.807) is 6.07 Å². The Kier molecular flexibility index (Phi) is 4.57. The highest BCUT2D eigenvalue weighted by Gasteiger charge is 2.32. The van der Waals surface area contributed by atoms with Crippen molar-refractivity contribution in [3.63, 3.8) is 0 Å². The number of hydrogen-bond acceptors (Lipinski definition) is 3. The van der Waals surface area contributed by atoms with Gasteiger partial charge in [-0.25, -0.2) is 4.39 Å². The first-order valence-electron chi connectivity index (χ1n) is 6.55. The van der Waals surface area contributed by atoms with Crippen molar-refractivity contribution in [2.24, 2.45) is 0 Å². The van der Waals surface area contributed by atoms with Gasteiger partial charge in [0.25, 0.3) is 0 Å². The number of rotatable bonds is 6. The van der Waals surface area contributed by atoms with Gasteiger partial charge in [0.2, 0.25) is 5.91 Å². The van der Waals surface area contributed by atoms with E-state index >= 15 is 0 Å². The number of aliphatic carboxylic acids is 1. The SMILES string of the molecule is COc1ccc(C=CC(=O)N(CC(=O)O)C2CC2)cc1F. The van der Waals surface area contributed by atoms with E-state index in [-0.39, 0.29) is 24.2 Å². The summed E-state index contributed by atoms with van der Waals surface area (Å²) >= 11 is 0. The van der Waals surface area contributed by atoms with Crippen molar-refractivity contribution < 1.29 is 23.8 Å². The summed E-state index contributed by atoms with van der Waals surface area (Å²) in [5.41, 5.74) is 0.507. The molecule has 1 aromatic rings. The van der Waals surface area contributed by atoms with Gasteiger partial charge in [0.1, 0.15) is 6.54 Å². The zero-order valence-corrected chi connectivity index (χ0v) is 11.6. The maximum atomic E-state index is 13.5. The van der Waals surface area contributed by atoms with Gasteiger partial charge in [-0.15, -0.1) is 0 Å². The predicted octanol–water partition coefficient (Wildman–Crippen LogP) is 1.92. The van der Waals surface area contributed by atoms with Crippen LogP contribution >= 0.6 is 0 Å². The lowest BCUT2D eigenvalue weighted by Crippen LogP contribution is -2.36.